The zero-order chi connectivity index (χ0) is 10.8. The fourth-order valence-corrected chi connectivity index (χ4v) is 3.08. The first-order chi connectivity index (χ1) is 6.38. The number of benzene rings is 1. The standard InChI is InChI=1S/C8H11NO3S2/c1-7-2-4-8(5-3-7)13(10)6-14(9,11)12/h2-5H,6H2,1H3,(H2,9,11,12). The molecule has 0 saturated carbocycles. The number of hydrogen-bond acceptors (Lipinski definition) is 3. The van der Waals surface area contributed by atoms with Crippen LogP contribution in [0.1, 0.15) is 5.56 Å². The maximum Gasteiger partial charge on any atom is 0.221 e. The summed E-state index contributed by atoms with van der Waals surface area (Å²) in [4.78, 5) is 0.477. The summed E-state index contributed by atoms with van der Waals surface area (Å²) in [5.41, 5.74) is 1.03. The van der Waals surface area contributed by atoms with Crippen LogP contribution in [0.15, 0.2) is 29.2 Å². The minimum absolute atomic E-state index is 0.477. The van der Waals surface area contributed by atoms with Crippen LogP contribution in [0, 0.1) is 6.92 Å². The van der Waals surface area contributed by atoms with Gasteiger partial charge in [-0.25, -0.2) is 13.6 Å². The average molecular weight is 233 g/mol. The highest BCUT2D eigenvalue weighted by atomic mass is 32.3. The van der Waals surface area contributed by atoms with Gasteiger partial charge in [0.15, 0.2) is 0 Å². The Balaban J connectivity index is 2.86. The van der Waals surface area contributed by atoms with Crippen molar-refractivity contribution in [2.45, 2.75) is 11.8 Å². The van der Waals surface area contributed by atoms with E-state index in [9.17, 15) is 12.6 Å². The van der Waals surface area contributed by atoms with Gasteiger partial charge in [0.2, 0.25) is 10.0 Å². The van der Waals surface area contributed by atoms with Crippen molar-refractivity contribution in [2.24, 2.45) is 5.14 Å². The van der Waals surface area contributed by atoms with E-state index < -0.39 is 25.9 Å². The summed E-state index contributed by atoms with van der Waals surface area (Å²) >= 11 is 0. The number of aryl methyl sites for hydroxylation is 1. The average Bonchev–Trinajstić information content (AvgIpc) is 2.02. The van der Waals surface area contributed by atoms with Crippen molar-refractivity contribution >= 4 is 20.8 Å². The molecule has 0 spiro atoms. The molecule has 0 fully saturated rings. The first-order valence-corrected chi connectivity index (χ1v) is 6.87. The van der Waals surface area contributed by atoms with Gasteiger partial charge in [-0.1, -0.05) is 17.7 Å². The van der Waals surface area contributed by atoms with Crippen LogP contribution in [-0.4, -0.2) is 17.7 Å². The highest BCUT2D eigenvalue weighted by molar-refractivity contribution is 8.04. The molecule has 0 saturated heterocycles. The lowest BCUT2D eigenvalue weighted by Crippen LogP contribution is -2.19. The number of nitrogens with two attached hydrogens (primary N) is 1. The van der Waals surface area contributed by atoms with Crippen LogP contribution < -0.4 is 5.14 Å². The number of primary sulfonamides is 1. The SMILES string of the molecule is Cc1ccc(S(=O)CS(N)(=O)=O)cc1. The molecule has 1 unspecified atom stereocenters. The van der Waals surface area contributed by atoms with Crippen LogP contribution in [0.3, 0.4) is 0 Å². The topological polar surface area (TPSA) is 77.2 Å². The van der Waals surface area contributed by atoms with Crippen molar-refractivity contribution in [3.8, 4) is 0 Å². The lowest BCUT2D eigenvalue weighted by molar-refractivity contribution is 0.601. The molecule has 0 heterocycles. The van der Waals surface area contributed by atoms with Crippen molar-refractivity contribution in [2.75, 3.05) is 5.08 Å². The zero-order valence-corrected chi connectivity index (χ0v) is 9.27. The molecule has 2 N–H and O–H groups in total. The summed E-state index contributed by atoms with van der Waals surface area (Å²) in [6.07, 6.45) is 0. The first-order valence-electron chi connectivity index (χ1n) is 3.84. The molecule has 14 heavy (non-hydrogen) atoms. The quantitative estimate of drug-likeness (QED) is 0.818. The van der Waals surface area contributed by atoms with E-state index in [1.54, 1.807) is 24.3 Å². The van der Waals surface area contributed by atoms with Gasteiger partial charge in [-0.15, -0.1) is 0 Å². The monoisotopic (exact) mass is 233 g/mol. The van der Waals surface area contributed by atoms with Gasteiger partial charge in [0.25, 0.3) is 0 Å². The summed E-state index contributed by atoms with van der Waals surface area (Å²) in [5.74, 6) is 0. The van der Waals surface area contributed by atoms with E-state index in [0.29, 0.717) is 4.90 Å². The molecular weight excluding hydrogens is 222 g/mol. The third-order valence-corrected chi connectivity index (χ3v) is 4.52. The van der Waals surface area contributed by atoms with Gasteiger partial charge in [0.1, 0.15) is 5.08 Å². The van der Waals surface area contributed by atoms with Crippen molar-refractivity contribution in [1.82, 2.24) is 0 Å². The number of sulfonamides is 1. The van der Waals surface area contributed by atoms with E-state index in [-0.39, 0.29) is 0 Å². The molecule has 78 valence electrons. The van der Waals surface area contributed by atoms with E-state index in [2.05, 4.69) is 0 Å². The van der Waals surface area contributed by atoms with Gasteiger partial charge < -0.3 is 0 Å². The Bertz CT molecular complexity index is 436. The second-order valence-electron chi connectivity index (χ2n) is 2.94. The predicted octanol–water partition coefficient (Wildman–Crippen LogP) is 0.349. The number of hydrogen-bond donors (Lipinski definition) is 1. The molecule has 0 aliphatic carbocycles. The Kier molecular flexibility index (Phi) is 3.41. The lowest BCUT2D eigenvalue weighted by Gasteiger charge is -2.00. The van der Waals surface area contributed by atoms with Crippen LogP contribution in [0.4, 0.5) is 0 Å². The summed E-state index contributed by atoms with van der Waals surface area (Å²) in [6.45, 7) is 1.90. The zero-order valence-electron chi connectivity index (χ0n) is 7.64. The van der Waals surface area contributed by atoms with Gasteiger partial charge in [0, 0.05) is 4.90 Å². The van der Waals surface area contributed by atoms with Gasteiger partial charge in [-0.3, -0.25) is 4.21 Å². The third kappa shape index (κ3) is 3.57. The van der Waals surface area contributed by atoms with Crippen molar-refractivity contribution in [3.63, 3.8) is 0 Å². The van der Waals surface area contributed by atoms with Crippen LogP contribution >= 0.6 is 0 Å². The Labute approximate surface area is 85.6 Å². The molecular formula is C8H11NO3S2. The fraction of sp³-hybridized carbons (Fsp3) is 0.250. The largest absolute Gasteiger partial charge is 0.253 e. The molecule has 0 radical (unpaired) electrons. The Morgan fingerprint density at radius 2 is 1.79 bits per heavy atom. The summed E-state index contributed by atoms with van der Waals surface area (Å²) in [5, 5.41) is 4.25. The highest BCUT2D eigenvalue weighted by Crippen LogP contribution is 2.08. The smallest absolute Gasteiger partial charge is 0.221 e. The predicted molar refractivity (Wildman–Crippen MR) is 55.6 cm³/mol. The molecule has 0 aliphatic heterocycles. The van der Waals surface area contributed by atoms with Gasteiger partial charge in [0.05, 0.1) is 10.8 Å². The van der Waals surface area contributed by atoms with E-state index in [1.165, 1.54) is 0 Å². The summed E-state index contributed by atoms with van der Waals surface area (Å²) < 4.78 is 32.8. The Hall–Kier alpha value is -0.720. The van der Waals surface area contributed by atoms with Crippen molar-refractivity contribution in [1.29, 1.82) is 0 Å². The highest BCUT2D eigenvalue weighted by Gasteiger charge is 2.11. The van der Waals surface area contributed by atoms with Crippen LogP contribution in [-0.2, 0) is 20.8 Å². The maximum atomic E-state index is 11.4. The molecule has 4 nitrogen and oxygen atoms in total. The Morgan fingerprint density at radius 3 is 2.21 bits per heavy atom. The minimum Gasteiger partial charge on any atom is -0.253 e. The van der Waals surface area contributed by atoms with E-state index in [4.69, 9.17) is 5.14 Å². The molecule has 0 aromatic heterocycles. The second-order valence-corrected chi connectivity index (χ2v) is 6.37. The van der Waals surface area contributed by atoms with Crippen molar-refractivity contribution in [3.05, 3.63) is 29.8 Å². The van der Waals surface area contributed by atoms with Gasteiger partial charge in [-0.05, 0) is 19.1 Å². The Morgan fingerprint density at radius 1 is 1.29 bits per heavy atom. The first kappa shape index (κ1) is 11.4. The molecule has 1 aromatic rings. The van der Waals surface area contributed by atoms with Crippen molar-refractivity contribution < 1.29 is 12.6 Å². The van der Waals surface area contributed by atoms with Gasteiger partial charge in [-0.2, -0.15) is 0 Å². The lowest BCUT2D eigenvalue weighted by atomic mass is 10.2. The molecule has 0 bridgehead atoms. The second kappa shape index (κ2) is 4.20. The van der Waals surface area contributed by atoms with Crippen LogP contribution in [0.2, 0.25) is 0 Å². The fourth-order valence-electron chi connectivity index (χ4n) is 0.907. The number of rotatable bonds is 3. The summed E-state index contributed by atoms with van der Waals surface area (Å²) in [6, 6.07) is 6.82. The minimum atomic E-state index is -3.68. The van der Waals surface area contributed by atoms with Crippen LogP contribution in [0.5, 0.6) is 0 Å². The van der Waals surface area contributed by atoms with Gasteiger partial charge >= 0.3 is 0 Å². The van der Waals surface area contributed by atoms with E-state index >= 15 is 0 Å². The van der Waals surface area contributed by atoms with E-state index in [0.717, 1.165) is 5.56 Å². The molecule has 0 amide bonds. The molecule has 1 rings (SSSR count). The molecule has 6 heteroatoms. The molecule has 1 atom stereocenters. The van der Waals surface area contributed by atoms with E-state index in [1.807, 2.05) is 6.92 Å². The summed E-state index contributed by atoms with van der Waals surface area (Å²) in [7, 11) is -5.26. The molecule has 1 aromatic carbocycles. The maximum absolute atomic E-state index is 11.4. The normalized spacial score (nSPS) is 13.9. The molecule has 0 aliphatic rings. The van der Waals surface area contributed by atoms with Crippen LogP contribution in [0.25, 0.3) is 0 Å². The third-order valence-electron chi connectivity index (χ3n) is 1.56.